The summed E-state index contributed by atoms with van der Waals surface area (Å²) in [7, 11) is 0. The third kappa shape index (κ3) is 1.86. The fraction of sp³-hybridized carbons (Fsp3) is 0. The van der Waals surface area contributed by atoms with E-state index in [9.17, 15) is 9.59 Å². The van der Waals surface area contributed by atoms with Gasteiger partial charge in [-0.05, 0) is 18.2 Å². The first-order valence-corrected chi connectivity index (χ1v) is 4.59. The van der Waals surface area contributed by atoms with E-state index < -0.39 is 5.97 Å². The van der Waals surface area contributed by atoms with Crippen LogP contribution in [0.15, 0.2) is 47.3 Å². The van der Waals surface area contributed by atoms with Crippen LogP contribution in [0.1, 0.15) is 26.3 Å². The molecule has 1 heterocycles. The summed E-state index contributed by atoms with van der Waals surface area (Å²) in [5.41, 5.74) is 1.04. The van der Waals surface area contributed by atoms with Crippen molar-refractivity contribution in [1.82, 2.24) is 0 Å². The average Bonchev–Trinajstić information content (AvgIpc) is 2.81. The molecule has 0 saturated carbocycles. The van der Waals surface area contributed by atoms with Gasteiger partial charge in [-0.3, -0.25) is 4.79 Å². The quantitative estimate of drug-likeness (QED) is 0.798. The Bertz CT molecular complexity index is 508. The van der Waals surface area contributed by atoms with Crippen LogP contribution in [0.25, 0.3) is 0 Å². The molecule has 0 bridgehead atoms. The number of benzene rings is 1. The van der Waals surface area contributed by atoms with Crippen molar-refractivity contribution in [2.45, 2.75) is 0 Å². The van der Waals surface area contributed by atoms with Gasteiger partial charge in [0.05, 0.1) is 17.4 Å². The lowest BCUT2D eigenvalue weighted by molar-refractivity contribution is 0.0696. The zero-order valence-corrected chi connectivity index (χ0v) is 8.21. The second-order valence-electron chi connectivity index (χ2n) is 3.22. The van der Waals surface area contributed by atoms with Crippen LogP contribution >= 0.6 is 0 Å². The first-order valence-electron chi connectivity index (χ1n) is 4.59. The Morgan fingerprint density at radius 1 is 0.938 bits per heavy atom. The summed E-state index contributed by atoms with van der Waals surface area (Å²) in [6.45, 7) is 0. The van der Waals surface area contributed by atoms with Gasteiger partial charge >= 0.3 is 5.97 Å². The number of rotatable bonds is 3. The number of carbonyl (C=O) groups is 2. The smallest absolute Gasteiger partial charge is 0.335 e. The summed E-state index contributed by atoms with van der Waals surface area (Å²) >= 11 is 0. The van der Waals surface area contributed by atoms with Crippen LogP contribution < -0.4 is 0 Å². The van der Waals surface area contributed by atoms with Crippen LogP contribution in [0, 0.1) is 0 Å². The molecule has 0 atom stereocenters. The predicted molar refractivity (Wildman–Crippen MR) is 55.5 cm³/mol. The highest BCUT2D eigenvalue weighted by Crippen LogP contribution is 2.11. The Hall–Kier alpha value is -2.36. The van der Waals surface area contributed by atoms with E-state index in [-0.39, 0.29) is 11.3 Å². The van der Waals surface area contributed by atoms with Gasteiger partial charge in [-0.1, -0.05) is 12.1 Å². The summed E-state index contributed by atoms with van der Waals surface area (Å²) in [4.78, 5) is 22.4. The van der Waals surface area contributed by atoms with E-state index in [4.69, 9.17) is 9.52 Å². The van der Waals surface area contributed by atoms with Crippen LogP contribution in [0.4, 0.5) is 0 Å². The molecule has 4 heteroatoms. The molecule has 1 aromatic heterocycles. The standard InChI is InChI=1S/C12H8O4/c13-11(10-5-6-16-7-10)8-1-3-9(4-2-8)12(14)15/h1-7H,(H,14,15). The number of carbonyl (C=O) groups excluding carboxylic acids is 1. The number of hydrogen-bond donors (Lipinski definition) is 1. The molecular formula is C12H8O4. The highest BCUT2D eigenvalue weighted by molar-refractivity contribution is 6.09. The van der Waals surface area contributed by atoms with Crippen molar-refractivity contribution < 1.29 is 19.1 Å². The van der Waals surface area contributed by atoms with E-state index >= 15 is 0 Å². The van der Waals surface area contributed by atoms with E-state index in [0.29, 0.717) is 11.1 Å². The summed E-state index contributed by atoms with van der Waals surface area (Å²) in [5, 5.41) is 8.70. The topological polar surface area (TPSA) is 67.5 Å². The Balaban J connectivity index is 2.29. The maximum Gasteiger partial charge on any atom is 0.335 e. The number of aromatic carboxylic acids is 1. The molecule has 0 spiro atoms. The molecule has 2 rings (SSSR count). The van der Waals surface area contributed by atoms with Crippen molar-refractivity contribution in [3.05, 3.63) is 59.5 Å². The second kappa shape index (κ2) is 4.02. The fourth-order valence-corrected chi connectivity index (χ4v) is 1.32. The van der Waals surface area contributed by atoms with Crippen molar-refractivity contribution in [2.75, 3.05) is 0 Å². The van der Waals surface area contributed by atoms with Gasteiger partial charge in [0.25, 0.3) is 0 Å². The summed E-state index contributed by atoms with van der Waals surface area (Å²) < 4.78 is 4.80. The van der Waals surface area contributed by atoms with Gasteiger partial charge < -0.3 is 9.52 Å². The number of hydrogen-bond acceptors (Lipinski definition) is 3. The molecular weight excluding hydrogens is 208 g/mol. The minimum atomic E-state index is -1.01. The average molecular weight is 216 g/mol. The number of ketones is 1. The maximum absolute atomic E-state index is 11.8. The normalized spacial score (nSPS) is 10.0. The van der Waals surface area contributed by atoms with Crippen LogP contribution in [0.5, 0.6) is 0 Å². The van der Waals surface area contributed by atoms with Crippen molar-refractivity contribution in [3.8, 4) is 0 Å². The molecule has 0 aliphatic rings. The Labute approximate surface area is 91.1 Å². The maximum atomic E-state index is 11.8. The van der Waals surface area contributed by atoms with E-state index in [1.54, 1.807) is 6.07 Å². The minimum Gasteiger partial charge on any atom is -0.478 e. The molecule has 0 aliphatic carbocycles. The third-order valence-electron chi connectivity index (χ3n) is 2.18. The van der Waals surface area contributed by atoms with Crippen LogP contribution in [-0.2, 0) is 0 Å². The van der Waals surface area contributed by atoms with Gasteiger partial charge in [-0.25, -0.2) is 4.79 Å². The lowest BCUT2D eigenvalue weighted by atomic mass is 10.0. The Kier molecular flexibility index (Phi) is 2.55. The molecule has 0 unspecified atom stereocenters. The molecule has 0 aliphatic heterocycles. The first-order chi connectivity index (χ1) is 7.68. The van der Waals surface area contributed by atoms with E-state index in [1.807, 2.05) is 0 Å². The fourth-order valence-electron chi connectivity index (χ4n) is 1.32. The van der Waals surface area contributed by atoms with Crippen molar-refractivity contribution in [1.29, 1.82) is 0 Å². The number of carboxylic acids is 1. The van der Waals surface area contributed by atoms with E-state index in [1.165, 1.54) is 36.8 Å². The van der Waals surface area contributed by atoms with E-state index in [0.717, 1.165) is 0 Å². The van der Waals surface area contributed by atoms with Gasteiger partial charge in [0.2, 0.25) is 0 Å². The molecule has 1 aromatic carbocycles. The molecule has 0 saturated heterocycles. The third-order valence-corrected chi connectivity index (χ3v) is 2.18. The molecule has 80 valence electrons. The monoisotopic (exact) mass is 216 g/mol. The van der Waals surface area contributed by atoms with Gasteiger partial charge in [0.15, 0.2) is 5.78 Å². The van der Waals surface area contributed by atoms with Crippen LogP contribution in [-0.4, -0.2) is 16.9 Å². The lowest BCUT2D eigenvalue weighted by Crippen LogP contribution is -2.01. The van der Waals surface area contributed by atoms with Crippen molar-refractivity contribution in [2.24, 2.45) is 0 Å². The van der Waals surface area contributed by atoms with Crippen molar-refractivity contribution in [3.63, 3.8) is 0 Å². The van der Waals surface area contributed by atoms with Crippen LogP contribution in [0.3, 0.4) is 0 Å². The second-order valence-corrected chi connectivity index (χ2v) is 3.22. The highest BCUT2D eigenvalue weighted by atomic mass is 16.4. The first kappa shape index (κ1) is 10.2. The van der Waals surface area contributed by atoms with Crippen molar-refractivity contribution >= 4 is 11.8 Å². The zero-order chi connectivity index (χ0) is 11.5. The van der Waals surface area contributed by atoms with Gasteiger partial charge in [-0.15, -0.1) is 0 Å². The molecule has 16 heavy (non-hydrogen) atoms. The Morgan fingerprint density at radius 3 is 2.06 bits per heavy atom. The molecule has 2 aromatic rings. The lowest BCUT2D eigenvalue weighted by Gasteiger charge is -1.98. The molecule has 0 radical (unpaired) electrons. The van der Waals surface area contributed by atoms with E-state index in [2.05, 4.69) is 0 Å². The number of carboxylic acid groups (broad SMARTS) is 1. The summed E-state index contributed by atoms with van der Waals surface area (Å²) in [6.07, 6.45) is 2.77. The van der Waals surface area contributed by atoms with Gasteiger partial charge in [0.1, 0.15) is 6.26 Å². The molecule has 4 nitrogen and oxygen atoms in total. The molecule has 1 N–H and O–H groups in total. The summed E-state index contributed by atoms with van der Waals surface area (Å²) in [6, 6.07) is 7.33. The van der Waals surface area contributed by atoms with Crippen LogP contribution in [0.2, 0.25) is 0 Å². The Morgan fingerprint density at radius 2 is 1.56 bits per heavy atom. The zero-order valence-electron chi connectivity index (χ0n) is 8.21. The SMILES string of the molecule is O=C(O)c1ccc(C(=O)c2ccoc2)cc1. The number of furan rings is 1. The van der Waals surface area contributed by atoms with Gasteiger partial charge in [-0.2, -0.15) is 0 Å². The molecule has 0 fully saturated rings. The predicted octanol–water partition coefficient (Wildman–Crippen LogP) is 2.21. The van der Waals surface area contributed by atoms with Gasteiger partial charge in [0, 0.05) is 5.56 Å². The molecule has 0 amide bonds. The largest absolute Gasteiger partial charge is 0.478 e. The minimum absolute atomic E-state index is 0.156. The summed E-state index contributed by atoms with van der Waals surface area (Å²) in [5.74, 6) is -1.20. The highest BCUT2D eigenvalue weighted by Gasteiger charge is 2.10.